The summed E-state index contributed by atoms with van der Waals surface area (Å²) in [5.74, 6) is 1.32. The largest absolute Gasteiger partial charge is 0.381 e. The molecule has 5 heteroatoms. The number of aromatic nitrogens is 1. The smallest absolute Gasteiger partial charge is 0.253 e. The van der Waals surface area contributed by atoms with E-state index in [9.17, 15) is 4.79 Å². The second kappa shape index (κ2) is 8.92. The summed E-state index contributed by atoms with van der Waals surface area (Å²) in [6.07, 6.45) is 7.71. The highest BCUT2D eigenvalue weighted by Gasteiger charge is 2.21. The Bertz CT molecular complexity index is 756. The number of halogens is 1. The molecule has 142 valence electrons. The molecule has 1 amide bonds. The van der Waals surface area contributed by atoms with Crippen LogP contribution in [-0.2, 0) is 11.2 Å². The van der Waals surface area contributed by atoms with E-state index in [-0.39, 0.29) is 5.91 Å². The molecule has 2 atom stereocenters. The molecule has 0 saturated heterocycles. The number of amides is 1. The Morgan fingerprint density at radius 2 is 2.27 bits per heavy atom. The zero-order valence-corrected chi connectivity index (χ0v) is 16.5. The summed E-state index contributed by atoms with van der Waals surface area (Å²) in [7, 11) is 0. The van der Waals surface area contributed by atoms with Gasteiger partial charge in [-0.3, -0.25) is 4.79 Å². The second-order valence-corrected chi connectivity index (χ2v) is 7.83. The van der Waals surface area contributed by atoms with Gasteiger partial charge in [0.2, 0.25) is 0 Å². The van der Waals surface area contributed by atoms with Gasteiger partial charge in [0.15, 0.2) is 0 Å². The van der Waals surface area contributed by atoms with Gasteiger partial charge in [-0.2, -0.15) is 0 Å². The standard InChI is InChI=1S/C21H29ClN2O2/c1-3-26-11-9-17-13-18(20-19(22)8-5-10-24(17)20)21(25)23-14-16-7-4-6-15(2)12-16/h5,8,10,13,15-16H,3-4,6-7,9,11-12,14H2,1-2H3,(H,23,25). The average Bonchev–Trinajstić information content (AvgIpc) is 3.00. The van der Waals surface area contributed by atoms with E-state index in [1.54, 1.807) is 0 Å². The highest BCUT2D eigenvalue weighted by Crippen LogP contribution is 2.29. The molecule has 3 rings (SSSR count). The van der Waals surface area contributed by atoms with E-state index in [1.807, 2.05) is 35.7 Å². The number of carbonyl (C=O) groups excluding carboxylic acids is 1. The molecule has 1 fully saturated rings. The number of nitrogens with one attached hydrogen (secondary N) is 1. The van der Waals surface area contributed by atoms with Gasteiger partial charge in [0.05, 0.1) is 22.7 Å². The van der Waals surface area contributed by atoms with E-state index in [0.29, 0.717) is 29.7 Å². The minimum Gasteiger partial charge on any atom is -0.381 e. The van der Waals surface area contributed by atoms with Crippen molar-refractivity contribution in [3.8, 4) is 0 Å². The van der Waals surface area contributed by atoms with Gasteiger partial charge in [0.1, 0.15) is 0 Å². The number of pyridine rings is 1. The zero-order chi connectivity index (χ0) is 18.5. The molecule has 4 nitrogen and oxygen atoms in total. The van der Waals surface area contributed by atoms with E-state index < -0.39 is 0 Å². The molecule has 0 radical (unpaired) electrons. The topological polar surface area (TPSA) is 42.7 Å². The summed E-state index contributed by atoms with van der Waals surface area (Å²) < 4.78 is 7.49. The first-order valence-corrected chi connectivity index (χ1v) is 10.1. The van der Waals surface area contributed by atoms with Crippen molar-refractivity contribution in [2.75, 3.05) is 19.8 Å². The third-order valence-corrected chi connectivity index (χ3v) is 5.67. The third-order valence-electron chi connectivity index (χ3n) is 5.37. The first-order chi connectivity index (χ1) is 12.6. The number of nitrogens with zero attached hydrogens (tertiary/aromatic N) is 1. The van der Waals surface area contributed by atoms with Crippen LogP contribution in [0, 0.1) is 11.8 Å². The van der Waals surface area contributed by atoms with Crippen LogP contribution in [0.15, 0.2) is 24.4 Å². The van der Waals surface area contributed by atoms with Crippen LogP contribution in [0.5, 0.6) is 0 Å². The number of rotatable bonds is 7. The molecule has 26 heavy (non-hydrogen) atoms. The molecule has 2 heterocycles. The van der Waals surface area contributed by atoms with Gasteiger partial charge in [0, 0.05) is 31.5 Å². The van der Waals surface area contributed by atoms with Crippen molar-refractivity contribution in [3.63, 3.8) is 0 Å². The lowest BCUT2D eigenvalue weighted by Crippen LogP contribution is -2.31. The monoisotopic (exact) mass is 376 g/mol. The quantitative estimate of drug-likeness (QED) is 0.710. The molecule has 2 unspecified atom stereocenters. The lowest BCUT2D eigenvalue weighted by atomic mass is 9.82. The molecule has 2 aromatic heterocycles. The molecule has 1 saturated carbocycles. The van der Waals surface area contributed by atoms with Crippen molar-refractivity contribution < 1.29 is 9.53 Å². The van der Waals surface area contributed by atoms with Crippen LogP contribution in [0.4, 0.5) is 0 Å². The minimum atomic E-state index is -0.0310. The van der Waals surface area contributed by atoms with Crippen molar-refractivity contribution in [3.05, 3.63) is 40.7 Å². The second-order valence-electron chi connectivity index (χ2n) is 7.42. The first-order valence-electron chi connectivity index (χ1n) is 9.74. The predicted molar refractivity (Wildman–Crippen MR) is 106 cm³/mol. The molecule has 0 spiro atoms. The van der Waals surface area contributed by atoms with Gasteiger partial charge in [-0.05, 0) is 49.8 Å². The number of fused-ring (bicyclic) bond motifs is 1. The van der Waals surface area contributed by atoms with Crippen LogP contribution < -0.4 is 5.32 Å². The highest BCUT2D eigenvalue weighted by molar-refractivity contribution is 6.34. The van der Waals surface area contributed by atoms with Crippen molar-refractivity contribution >= 4 is 23.0 Å². The van der Waals surface area contributed by atoms with E-state index >= 15 is 0 Å². The van der Waals surface area contributed by atoms with Gasteiger partial charge in [-0.15, -0.1) is 0 Å². The highest BCUT2D eigenvalue weighted by atomic mass is 35.5. The van der Waals surface area contributed by atoms with Crippen LogP contribution in [0.2, 0.25) is 5.02 Å². The normalized spacial score (nSPS) is 20.4. The summed E-state index contributed by atoms with van der Waals surface area (Å²) in [6.45, 7) is 6.37. The van der Waals surface area contributed by atoms with Gasteiger partial charge in [0.25, 0.3) is 5.91 Å². The summed E-state index contributed by atoms with van der Waals surface area (Å²) in [4.78, 5) is 12.9. The van der Waals surface area contributed by atoms with E-state index in [4.69, 9.17) is 16.3 Å². The van der Waals surface area contributed by atoms with E-state index in [1.165, 1.54) is 25.7 Å². The number of hydrogen-bond acceptors (Lipinski definition) is 2. The molecule has 0 aliphatic heterocycles. The minimum absolute atomic E-state index is 0.0310. The first kappa shape index (κ1) is 19.2. The van der Waals surface area contributed by atoms with Crippen molar-refractivity contribution in [2.45, 2.75) is 46.0 Å². The Labute approximate surface area is 160 Å². The fraction of sp³-hybridized carbons (Fsp3) is 0.571. The fourth-order valence-electron chi connectivity index (χ4n) is 4.05. The molecule has 1 aliphatic rings. The molecule has 1 N–H and O–H groups in total. The summed E-state index contributed by atoms with van der Waals surface area (Å²) >= 11 is 6.42. The Balaban J connectivity index is 1.76. The fourth-order valence-corrected chi connectivity index (χ4v) is 4.31. The maximum Gasteiger partial charge on any atom is 0.253 e. The molecule has 0 bridgehead atoms. The Kier molecular flexibility index (Phi) is 6.60. The van der Waals surface area contributed by atoms with Gasteiger partial charge < -0.3 is 14.5 Å². The zero-order valence-electron chi connectivity index (χ0n) is 15.8. The van der Waals surface area contributed by atoms with E-state index in [2.05, 4.69) is 12.2 Å². The maximum absolute atomic E-state index is 12.9. The molecular weight excluding hydrogens is 348 g/mol. The average molecular weight is 377 g/mol. The van der Waals surface area contributed by atoms with Gasteiger partial charge in [-0.1, -0.05) is 31.4 Å². The Morgan fingerprint density at radius 3 is 3.04 bits per heavy atom. The van der Waals surface area contributed by atoms with Crippen LogP contribution in [0.3, 0.4) is 0 Å². The van der Waals surface area contributed by atoms with Gasteiger partial charge >= 0.3 is 0 Å². The van der Waals surface area contributed by atoms with Gasteiger partial charge in [-0.25, -0.2) is 0 Å². The SMILES string of the molecule is CCOCCc1cc(C(=O)NCC2CCCC(C)C2)c2c(Cl)cccn12. The van der Waals surface area contributed by atoms with Crippen LogP contribution in [0.25, 0.3) is 5.52 Å². The lowest BCUT2D eigenvalue weighted by Gasteiger charge is -2.26. The van der Waals surface area contributed by atoms with Crippen LogP contribution in [-0.4, -0.2) is 30.1 Å². The van der Waals surface area contributed by atoms with E-state index in [0.717, 1.165) is 30.1 Å². The summed E-state index contributed by atoms with van der Waals surface area (Å²) in [5, 5.41) is 3.75. The van der Waals surface area contributed by atoms with Crippen molar-refractivity contribution in [1.82, 2.24) is 9.72 Å². The maximum atomic E-state index is 12.9. The van der Waals surface area contributed by atoms with Crippen molar-refractivity contribution in [2.24, 2.45) is 11.8 Å². The number of ether oxygens (including phenoxy) is 1. The third kappa shape index (κ3) is 4.41. The Hall–Kier alpha value is -1.52. The molecule has 0 aromatic carbocycles. The predicted octanol–water partition coefficient (Wildman–Crippen LogP) is 4.73. The van der Waals surface area contributed by atoms with Crippen LogP contribution >= 0.6 is 11.6 Å². The number of hydrogen-bond donors (Lipinski definition) is 1. The molecular formula is C21H29ClN2O2. The van der Waals surface area contributed by atoms with Crippen LogP contribution in [0.1, 0.15) is 55.6 Å². The summed E-state index contributed by atoms with van der Waals surface area (Å²) in [5.41, 5.74) is 2.49. The van der Waals surface area contributed by atoms with Crippen molar-refractivity contribution in [1.29, 1.82) is 0 Å². The lowest BCUT2D eigenvalue weighted by molar-refractivity contribution is 0.0942. The molecule has 2 aromatic rings. The molecule has 1 aliphatic carbocycles. The Morgan fingerprint density at radius 1 is 1.42 bits per heavy atom. The number of carbonyl (C=O) groups is 1. The summed E-state index contributed by atoms with van der Waals surface area (Å²) in [6, 6.07) is 5.70.